The number of aldehydes is 1. The Morgan fingerprint density at radius 2 is 1.96 bits per heavy atom. The van der Waals surface area contributed by atoms with Crippen molar-refractivity contribution in [3.8, 4) is 0 Å². The summed E-state index contributed by atoms with van der Waals surface area (Å²) in [5.74, 6) is 0.155. The molecule has 5 heteroatoms. The Kier molecular flexibility index (Phi) is 7.17. The first-order valence-corrected chi connectivity index (χ1v) is 9.75. The Bertz CT molecular complexity index is 689. The highest BCUT2D eigenvalue weighted by Crippen LogP contribution is 2.28. The minimum atomic E-state index is -0.577. The van der Waals surface area contributed by atoms with E-state index < -0.39 is 11.7 Å². The third kappa shape index (κ3) is 6.81. The van der Waals surface area contributed by atoms with E-state index in [1.807, 2.05) is 32.9 Å². The van der Waals surface area contributed by atoms with Crippen LogP contribution in [0.25, 0.3) is 0 Å². The number of benzene rings is 1. The zero-order valence-corrected chi connectivity index (χ0v) is 17.2. The van der Waals surface area contributed by atoms with E-state index in [9.17, 15) is 9.59 Å². The number of aliphatic imine (C=N–C) groups is 1. The molecule has 1 aromatic carbocycles. The molecule has 148 valence electrons. The molecule has 1 aromatic rings. The number of carbonyl (C=O) groups is 2. The number of carbonyl (C=O) groups excluding carboxylic acids is 2. The van der Waals surface area contributed by atoms with Crippen molar-refractivity contribution < 1.29 is 14.3 Å². The highest BCUT2D eigenvalue weighted by atomic mass is 16.6. The summed E-state index contributed by atoms with van der Waals surface area (Å²) in [4.78, 5) is 30.3. The van der Waals surface area contributed by atoms with Gasteiger partial charge in [-0.1, -0.05) is 32.0 Å². The average Bonchev–Trinajstić information content (AvgIpc) is 2.95. The molecule has 1 aliphatic rings. The summed E-state index contributed by atoms with van der Waals surface area (Å²) in [6, 6.07) is 8.32. The van der Waals surface area contributed by atoms with Crippen LogP contribution in [0.4, 0.5) is 10.5 Å². The van der Waals surface area contributed by atoms with Gasteiger partial charge < -0.3 is 14.4 Å². The number of ether oxygens (including phenoxy) is 1. The Morgan fingerprint density at radius 3 is 2.59 bits per heavy atom. The minimum absolute atomic E-state index is 0.198. The highest BCUT2D eigenvalue weighted by molar-refractivity contribution is 5.94. The van der Waals surface area contributed by atoms with Crippen LogP contribution in [-0.2, 0) is 16.0 Å². The van der Waals surface area contributed by atoms with Gasteiger partial charge in [-0.15, -0.1) is 0 Å². The number of fused-ring (bicyclic) bond motifs is 1. The molecule has 1 unspecified atom stereocenters. The van der Waals surface area contributed by atoms with Crippen LogP contribution in [0.15, 0.2) is 29.3 Å². The van der Waals surface area contributed by atoms with Crippen LogP contribution in [0.5, 0.6) is 0 Å². The van der Waals surface area contributed by atoms with E-state index in [2.05, 4.69) is 35.9 Å². The molecule has 0 aliphatic carbocycles. The van der Waals surface area contributed by atoms with Crippen LogP contribution in [0.1, 0.15) is 53.0 Å². The maximum Gasteiger partial charge on any atom is 0.434 e. The summed E-state index contributed by atoms with van der Waals surface area (Å²) < 4.78 is 5.32. The molecule has 5 nitrogen and oxygen atoms in total. The lowest BCUT2D eigenvalue weighted by Crippen LogP contribution is -2.30. The van der Waals surface area contributed by atoms with Crippen molar-refractivity contribution in [3.63, 3.8) is 0 Å². The second-order valence-corrected chi connectivity index (χ2v) is 8.68. The first-order chi connectivity index (χ1) is 12.7. The molecule has 0 aromatic heterocycles. The fourth-order valence-electron chi connectivity index (χ4n) is 3.40. The minimum Gasteiger partial charge on any atom is -0.442 e. The second kappa shape index (κ2) is 9.16. The van der Waals surface area contributed by atoms with Gasteiger partial charge in [0.25, 0.3) is 0 Å². The average molecular weight is 373 g/mol. The van der Waals surface area contributed by atoms with Gasteiger partial charge in [0.15, 0.2) is 0 Å². The summed E-state index contributed by atoms with van der Waals surface area (Å²) in [6.45, 7) is 11.2. The molecule has 0 saturated carbocycles. The molecule has 0 bridgehead atoms. The molecule has 0 fully saturated rings. The molecular weight excluding hydrogens is 340 g/mol. The molecule has 27 heavy (non-hydrogen) atoms. The van der Waals surface area contributed by atoms with Gasteiger partial charge in [-0.3, -0.25) is 0 Å². The van der Waals surface area contributed by atoms with Gasteiger partial charge in [-0.05, 0) is 57.6 Å². The zero-order valence-electron chi connectivity index (χ0n) is 17.2. The predicted octanol–water partition coefficient (Wildman–Crippen LogP) is 4.68. The van der Waals surface area contributed by atoms with Gasteiger partial charge in [0.05, 0.1) is 0 Å². The number of anilines is 1. The third-order valence-electron chi connectivity index (χ3n) is 4.42. The topological polar surface area (TPSA) is 59.0 Å². The summed E-state index contributed by atoms with van der Waals surface area (Å²) in [5, 5.41) is 0. The molecule has 0 saturated heterocycles. The Morgan fingerprint density at radius 1 is 1.26 bits per heavy atom. The smallest absolute Gasteiger partial charge is 0.434 e. The Labute approximate surface area is 162 Å². The van der Waals surface area contributed by atoms with Crippen molar-refractivity contribution in [2.75, 3.05) is 18.0 Å². The molecule has 1 aliphatic heterocycles. The SMILES string of the molecule is CC(C)CC(CC(C=O)CN1CCc2ccccc21)=NC(=O)OC(C)(C)C. The van der Waals surface area contributed by atoms with Crippen molar-refractivity contribution in [2.45, 2.75) is 59.5 Å². The fraction of sp³-hybridized carbons (Fsp3) is 0.591. The predicted molar refractivity (Wildman–Crippen MR) is 110 cm³/mol. The van der Waals surface area contributed by atoms with Crippen LogP contribution in [0.2, 0.25) is 0 Å². The van der Waals surface area contributed by atoms with Gasteiger partial charge in [-0.25, -0.2) is 4.79 Å². The van der Waals surface area contributed by atoms with E-state index >= 15 is 0 Å². The van der Waals surface area contributed by atoms with Gasteiger partial charge in [0.1, 0.15) is 11.9 Å². The lowest BCUT2D eigenvalue weighted by Gasteiger charge is -2.24. The first kappa shape index (κ1) is 21.1. The lowest BCUT2D eigenvalue weighted by molar-refractivity contribution is -0.110. The van der Waals surface area contributed by atoms with E-state index in [1.54, 1.807) is 0 Å². The van der Waals surface area contributed by atoms with Crippen molar-refractivity contribution >= 4 is 23.8 Å². The van der Waals surface area contributed by atoms with Crippen LogP contribution < -0.4 is 4.90 Å². The second-order valence-electron chi connectivity index (χ2n) is 8.68. The molecule has 2 rings (SSSR count). The van der Waals surface area contributed by atoms with Gasteiger partial charge >= 0.3 is 6.09 Å². The molecule has 1 heterocycles. The van der Waals surface area contributed by atoms with E-state index in [0.717, 1.165) is 25.0 Å². The normalized spacial score (nSPS) is 15.6. The summed E-state index contributed by atoms with van der Waals surface area (Å²) in [6.07, 6.45) is 2.59. The van der Waals surface area contributed by atoms with Crippen molar-refractivity contribution in [2.24, 2.45) is 16.8 Å². The van der Waals surface area contributed by atoms with E-state index in [4.69, 9.17) is 4.74 Å². The standard InChI is InChI=1S/C22H32N2O3/c1-16(2)12-19(23-21(26)27-22(3,4)5)13-17(15-25)14-24-11-10-18-8-6-7-9-20(18)24/h6-9,15-17H,10-14H2,1-5H3. The number of nitrogens with zero attached hydrogens (tertiary/aromatic N) is 2. The van der Waals surface area contributed by atoms with E-state index in [-0.39, 0.29) is 5.92 Å². The van der Waals surface area contributed by atoms with Gasteiger partial charge in [0.2, 0.25) is 0 Å². The van der Waals surface area contributed by atoms with Crippen molar-refractivity contribution in [3.05, 3.63) is 29.8 Å². The maximum atomic E-state index is 12.1. The first-order valence-electron chi connectivity index (χ1n) is 9.75. The Hall–Kier alpha value is -2.17. The van der Waals surface area contributed by atoms with E-state index in [0.29, 0.717) is 25.3 Å². The molecule has 0 spiro atoms. The highest BCUT2D eigenvalue weighted by Gasteiger charge is 2.23. The largest absolute Gasteiger partial charge is 0.442 e. The lowest BCUT2D eigenvalue weighted by atomic mass is 9.96. The number of rotatable bonds is 7. The van der Waals surface area contributed by atoms with Crippen LogP contribution in [0, 0.1) is 11.8 Å². The van der Waals surface area contributed by atoms with E-state index in [1.165, 1.54) is 11.3 Å². The molecule has 0 radical (unpaired) electrons. The van der Waals surface area contributed by atoms with Crippen LogP contribution in [-0.4, -0.2) is 36.8 Å². The molecule has 1 amide bonds. The number of para-hydroxylation sites is 1. The third-order valence-corrected chi connectivity index (χ3v) is 4.42. The Balaban J connectivity index is 2.08. The monoisotopic (exact) mass is 372 g/mol. The zero-order chi connectivity index (χ0) is 20.0. The molecule has 1 atom stereocenters. The number of hydrogen-bond acceptors (Lipinski definition) is 4. The number of amides is 1. The quantitative estimate of drug-likeness (QED) is 0.515. The maximum absolute atomic E-state index is 12.1. The summed E-state index contributed by atoms with van der Waals surface area (Å²) >= 11 is 0. The van der Waals surface area contributed by atoms with Crippen LogP contribution >= 0.6 is 0 Å². The number of hydrogen-bond donors (Lipinski definition) is 0. The van der Waals surface area contributed by atoms with Gasteiger partial charge in [-0.2, -0.15) is 4.99 Å². The van der Waals surface area contributed by atoms with Crippen molar-refractivity contribution in [1.82, 2.24) is 0 Å². The fourth-order valence-corrected chi connectivity index (χ4v) is 3.40. The van der Waals surface area contributed by atoms with Crippen molar-refractivity contribution in [1.29, 1.82) is 0 Å². The van der Waals surface area contributed by atoms with Crippen LogP contribution in [0.3, 0.4) is 0 Å². The van der Waals surface area contributed by atoms with Gasteiger partial charge in [0, 0.05) is 30.4 Å². The molecular formula is C22H32N2O3. The summed E-state index contributed by atoms with van der Waals surface area (Å²) in [7, 11) is 0. The summed E-state index contributed by atoms with van der Waals surface area (Å²) in [5.41, 5.74) is 2.70. The molecule has 0 N–H and O–H groups in total.